The molecule has 4 heteroatoms. The van der Waals surface area contributed by atoms with Crippen LogP contribution in [-0.2, 0) is 0 Å². The summed E-state index contributed by atoms with van der Waals surface area (Å²) in [7, 11) is 0. The van der Waals surface area contributed by atoms with Gasteiger partial charge < -0.3 is 10.3 Å². The predicted molar refractivity (Wildman–Crippen MR) is 71.9 cm³/mol. The van der Waals surface area contributed by atoms with E-state index in [0.717, 1.165) is 22.6 Å². The van der Waals surface area contributed by atoms with Crippen molar-refractivity contribution in [3.05, 3.63) is 46.5 Å². The number of aromatic amines is 1. The maximum Gasteiger partial charge on any atom is 0.273 e. The maximum atomic E-state index is 12.0. The zero-order valence-corrected chi connectivity index (χ0v) is 11.1. The van der Waals surface area contributed by atoms with Crippen molar-refractivity contribution < 1.29 is 4.79 Å². The van der Waals surface area contributed by atoms with E-state index in [2.05, 4.69) is 27.4 Å². The molecule has 94 valence electrons. The monoisotopic (exact) mass is 243 g/mol. The van der Waals surface area contributed by atoms with Gasteiger partial charge in [0.15, 0.2) is 0 Å². The number of aromatic nitrogens is 2. The summed E-state index contributed by atoms with van der Waals surface area (Å²) in [5.74, 6) is 0.572. The first-order valence-electron chi connectivity index (χ1n) is 5.88. The molecule has 0 fully saturated rings. The molecule has 0 aliphatic carbocycles. The van der Waals surface area contributed by atoms with Gasteiger partial charge in [-0.3, -0.25) is 4.79 Å². The molecule has 0 saturated heterocycles. The highest BCUT2D eigenvalue weighted by Gasteiger charge is 2.11. The van der Waals surface area contributed by atoms with Crippen LogP contribution in [0.15, 0.2) is 18.3 Å². The molecule has 0 spiro atoms. The molecule has 2 N–H and O–H groups in total. The van der Waals surface area contributed by atoms with Crippen molar-refractivity contribution in [2.45, 2.75) is 27.7 Å². The highest BCUT2D eigenvalue weighted by atomic mass is 16.1. The SMILES string of the molecule is Cc1cc(C)c(NC(=O)c2cnc(C)[nH]2)c(C)c1. The number of amides is 1. The first kappa shape index (κ1) is 12.4. The van der Waals surface area contributed by atoms with Crippen LogP contribution in [0.1, 0.15) is 33.0 Å². The molecule has 0 radical (unpaired) electrons. The maximum absolute atomic E-state index is 12.0. The average molecular weight is 243 g/mol. The Balaban J connectivity index is 2.27. The normalized spacial score (nSPS) is 10.4. The Kier molecular flexibility index (Phi) is 3.19. The first-order valence-corrected chi connectivity index (χ1v) is 5.88. The van der Waals surface area contributed by atoms with Crippen LogP contribution < -0.4 is 5.32 Å². The number of H-pyrrole nitrogens is 1. The Morgan fingerprint density at radius 1 is 1.17 bits per heavy atom. The molecule has 1 heterocycles. The molecule has 1 aromatic carbocycles. The number of nitrogens with zero attached hydrogens (tertiary/aromatic N) is 1. The molecule has 18 heavy (non-hydrogen) atoms. The van der Waals surface area contributed by atoms with E-state index in [1.807, 2.05) is 27.7 Å². The highest BCUT2D eigenvalue weighted by molar-refractivity contribution is 6.03. The summed E-state index contributed by atoms with van der Waals surface area (Å²) in [4.78, 5) is 19.0. The van der Waals surface area contributed by atoms with Gasteiger partial charge >= 0.3 is 0 Å². The van der Waals surface area contributed by atoms with E-state index in [-0.39, 0.29) is 5.91 Å². The van der Waals surface area contributed by atoms with E-state index < -0.39 is 0 Å². The number of anilines is 1. The Morgan fingerprint density at radius 2 is 1.78 bits per heavy atom. The Labute approximate surface area is 106 Å². The third kappa shape index (κ3) is 2.42. The summed E-state index contributed by atoms with van der Waals surface area (Å²) in [6, 6.07) is 4.11. The van der Waals surface area contributed by atoms with Crippen LogP contribution in [0.5, 0.6) is 0 Å². The van der Waals surface area contributed by atoms with Crippen LogP contribution in [0, 0.1) is 27.7 Å². The van der Waals surface area contributed by atoms with Gasteiger partial charge in [-0.05, 0) is 38.8 Å². The topological polar surface area (TPSA) is 57.8 Å². The molecule has 2 rings (SSSR count). The van der Waals surface area contributed by atoms with E-state index in [1.54, 1.807) is 6.20 Å². The summed E-state index contributed by atoms with van der Waals surface area (Å²) < 4.78 is 0. The van der Waals surface area contributed by atoms with E-state index in [0.29, 0.717) is 5.69 Å². The minimum atomic E-state index is -0.161. The standard InChI is InChI=1S/C14H17N3O/c1-8-5-9(2)13(10(3)6-8)17-14(18)12-7-15-11(4)16-12/h5-7H,1-4H3,(H,15,16)(H,17,18). The minimum absolute atomic E-state index is 0.161. The Hall–Kier alpha value is -2.10. The highest BCUT2D eigenvalue weighted by Crippen LogP contribution is 2.22. The van der Waals surface area contributed by atoms with Gasteiger partial charge in [0.25, 0.3) is 5.91 Å². The van der Waals surface area contributed by atoms with Crippen LogP contribution in [0.25, 0.3) is 0 Å². The fraction of sp³-hybridized carbons (Fsp3) is 0.286. The van der Waals surface area contributed by atoms with Crippen molar-refractivity contribution in [1.29, 1.82) is 0 Å². The molecule has 0 aliphatic heterocycles. The van der Waals surface area contributed by atoms with E-state index in [1.165, 1.54) is 5.56 Å². The smallest absolute Gasteiger partial charge is 0.273 e. The molecule has 2 aromatic rings. The number of nitrogens with one attached hydrogen (secondary N) is 2. The second kappa shape index (κ2) is 4.64. The third-order valence-electron chi connectivity index (χ3n) is 2.86. The van der Waals surface area contributed by atoms with Crippen LogP contribution >= 0.6 is 0 Å². The number of hydrogen-bond donors (Lipinski definition) is 2. The third-order valence-corrected chi connectivity index (χ3v) is 2.86. The van der Waals surface area contributed by atoms with E-state index in [4.69, 9.17) is 0 Å². The van der Waals surface area contributed by atoms with Crippen LogP contribution in [0.2, 0.25) is 0 Å². The Bertz CT molecular complexity index is 576. The molecular weight excluding hydrogens is 226 g/mol. The van der Waals surface area contributed by atoms with Gasteiger partial charge in [0.2, 0.25) is 0 Å². The van der Waals surface area contributed by atoms with Crippen molar-refractivity contribution in [1.82, 2.24) is 9.97 Å². The molecule has 0 atom stereocenters. The zero-order valence-electron chi connectivity index (χ0n) is 11.1. The summed E-state index contributed by atoms with van der Waals surface area (Å²) >= 11 is 0. The van der Waals surface area contributed by atoms with Gasteiger partial charge in [-0.15, -0.1) is 0 Å². The molecular formula is C14H17N3O. The van der Waals surface area contributed by atoms with Crippen molar-refractivity contribution in [2.24, 2.45) is 0 Å². The molecule has 0 unspecified atom stereocenters. The lowest BCUT2D eigenvalue weighted by Gasteiger charge is -2.12. The zero-order chi connectivity index (χ0) is 13.3. The van der Waals surface area contributed by atoms with Crippen molar-refractivity contribution in [3.8, 4) is 0 Å². The van der Waals surface area contributed by atoms with Gasteiger partial charge in [-0.2, -0.15) is 0 Å². The number of rotatable bonds is 2. The van der Waals surface area contributed by atoms with E-state index >= 15 is 0 Å². The molecule has 0 bridgehead atoms. The molecule has 1 amide bonds. The Morgan fingerprint density at radius 3 is 2.28 bits per heavy atom. The number of carbonyl (C=O) groups excluding carboxylic acids is 1. The fourth-order valence-electron chi connectivity index (χ4n) is 2.09. The lowest BCUT2D eigenvalue weighted by molar-refractivity contribution is 0.102. The van der Waals surface area contributed by atoms with Gasteiger partial charge in [-0.1, -0.05) is 17.7 Å². The van der Waals surface area contributed by atoms with Gasteiger partial charge in [0.05, 0.1) is 6.20 Å². The number of carbonyl (C=O) groups is 1. The molecule has 4 nitrogen and oxygen atoms in total. The van der Waals surface area contributed by atoms with Crippen molar-refractivity contribution >= 4 is 11.6 Å². The largest absolute Gasteiger partial charge is 0.338 e. The molecule has 0 saturated carbocycles. The number of hydrogen-bond acceptors (Lipinski definition) is 2. The van der Waals surface area contributed by atoms with Gasteiger partial charge in [0, 0.05) is 5.69 Å². The molecule has 0 aliphatic rings. The lowest BCUT2D eigenvalue weighted by Crippen LogP contribution is -2.14. The van der Waals surface area contributed by atoms with Crippen LogP contribution in [0.3, 0.4) is 0 Å². The van der Waals surface area contributed by atoms with Crippen LogP contribution in [-0.4, -0.2) is 15.9 Å². The van der Waals surface area contributed by atoms with Crippen molar-refractivity contribution in [3.63, 3.8) is 0 Å². The summed E-state index contributed by atoms with van der Waals surface area (Å²) in [5.41, 5.74) is 4.68. The van der Waals surface area contributed by atoms with Crippen LogP contribution in [0.4, 0.5) is 5.69 Å². The molecule has 1 aromatic heterocycles. The minimum Gasteiger partial charge on any atom is -0.338 e. The summed E-state index contributed by atoms with van der Waals surface area (Å²) in [6.45, 7) is 7.85. The average Bonchev–Trinajstić information content (AvgIpc) is 2.70. The predicted octanol–water partition coefficient (Wildman–Crippen LogP) is 2.90. The van der Waals surface area contributed by atoms with Crippen molar-refractivity contribution in [2.75, 3.05) is 5.32 Å². The summed E-state index contributed by atoms with van der Waals surface area (Å²) in [5, 5.41) is 2.93. The number of aryl methyl sites for hydroxylation is 4. The van der Waals surface area contributed by atoms with Gasteiger partial charge in [0.1, 0.15) is 11.5 Å². The fourth-order valence-corrected chi connectivity index (χ4v) is 2.09. The van der Waals surface area contributed by atoms with Gasteiger partial charge in [-0.25, -0.2) is 4.98 Å². The first-order chi connectivity index (χ1) is 8.47. The summed E-state index contributed by atoms with van der Waals surface area (Å²) in [6.07, 6.45) is 1.55. The second-order valence-electron chi connectivity index (χ2n) is 4.61. The lowest BCUT2D eigenvalue weighted by atomic mass is 10.1. The number of imidazole rings is 1. The van der Waals surface area contributed by atoms with E-state index in [9.17, 15) is 4.79 Å². The number of benzene rings is 1. The quantitative estimate of drug-likeness (QED) is 0.852. The second-order valence-corrected chi connectivity index (χ2v) is 4.61.